The van der Waals surface area contributed by atoms with Gasteiger partial charge in [-0.05, 0) is 32.1 Å². The summed E-state index contributed by atoms with van der Waals surface area (Å²) in [6.07, 6.45) is 9.41. The molecule has 1 N–H and O–H groups in total. The number of hydrogen-bond acceptors (Lipinski definition) is 5. The summed E-state index contributed by atoms with van der Waals surface area (Å²) in [5, 5.41) is 10.3. The SMILES string of the molecule is C=CCN(CCCCC)C(=O)C1N([C@@H](CC)CO)C(=O)[C@@H]2[C@H](C(=O)N(CC=C)CCC)[C@@H]3CCC12S3. The van der Waals surface area contributed by atoms with Gasteiger partial charge >= 0.3 is 0 Å². The van der Waals surface area contributed by atoms with E-state index in [2.05, 4.69) is 20.1 Å². The Bertz CT molecular complexity index is 832. The lowest BCUT2D eigenvalue weighted by Gasteiger charge is -2.39. The fraction of sp³-hybridized carbons (Fsp3) is 0.750. The smallest absolute Gasteiger partial charge is 0.247 e. The van der Waals surface area contributed by atoms with Crippen molar-refractivity contribution in [3.05, 3.63) is 25.3 Å². The Morgan fingerprint density at radius 1 is 1.11 bits per heavy atom. The van der Waals surface area contributed by atoms with Gasteiger partial charge < -0.3 is 19.8 Å². The van der Waals surface area contributed by atoms with Crippen molar-refractivity contribution in [2.24, 2.45) is 11.8 Å². The van der Waals surface area contributed by atoms with Crippen LogP contribution in [0.3, 0.4) is 0 Å². The number of aliphatic hydroxyl groups is 1. The maximum absolute atomic E-state index is 14.2. The Labute approximate surface area is 221 Å². The third-order valence-electron chi connectivity index (χ3n) is 8.18. The van der Waals surface area contributed by atoms with Crippen LogP contribution in [-0.4, -0.2) is 92.4 Å². The van der Waals surface area contributed by atoms with Crippen molar-refractivity contribution < 1.29 is 19.5 Å². The van der Waals surface area contributed by atoms with Crippen LogP contribution in [0.25, 0.3) is 0 Å². The van der Waals surface area contributed by atoms with Crippen LogP contribution in [0.1, 0.15) is 65.7 Å². The summed E-state index contributed by atoms with van der Waals surface area (Å²) in [7, 11) is 0. The molecule has 3 aliphatic heterocycles. The number of fused-ring (bicyclic) bond motifs is 1. The van der Waals surface area contributed by atoms with Crippen molar-refractivity contribution >= 4 is 29.5 Å². The second-order valence-corrected chi connectivity index (χ2v) is 12.0. The van der Waals surface area contributed by atoms with E-state index in [0.717, 1.165) is 38.5 Å². The molecular formula is C28H45N3O4S. The van der Waals surface area contributed by atoms with Crippen molar-refractivity contribution in [2.75, 3.05) is 32.8 Å². The minimum atomic E-state index is -0.666. The number of hydrogen-bond donors (Lipinski definition) is 1. The molecule has 3 amide bonds. The Morgan fingerprint density at radius 2 is 1.78 bits per heavy atom. The third kappa shape index (κ3) is 5.00. The van der Waals surface area contributed by atoms with Gasteiger partial charge in [-0.3, -0.25) is 14.4 Å². The molecule has 8 heteroatoms. The Balaban J connectivity index is 2.03. The van der Waals surface area contributed by atoms with Gasteiger partial charge in [0.2, 0.25) is 17.7 Å². The molecule has 6 atom stereocenters. The lowest BCUT2D eigenvalue weighted by molar-refractivity contribution is -0.147. The standard InChI is InChI=1S/C28H45N3O4S/c1-6-11-12-18-30(17-9-4)27(35)24-28-14-13-21(36-28)22(25(33)29(15-7-2)16-8-3)23(28)26(34)31(24)20(10-5)19-32/h7,9,20-24,32H,2,4,6,8,10-19H2,1,3,5H3/t20-,21-,22+,23-,24?,28?/m0/s1. The lowest BCUT2D eigenvalue weighted by Crippen LogP contribution is -2.57. The number of thioether (sulfide) groups is 1. The fourth-order valence-corrected chi connectivity index (χ4v) is 8.75. The van der Waals surface area contributed by atoms with E-state index in [1.165, 1.54) is 0 Å². The number of nitrogens with zero attached hydrogens (tertiary/aromatic N) is 3. The van der Waals surface area contributed by atoms with Crippen LogP contribution in [0.5, 0.6) is 0 Å². The van der Waals surface area contributed by atoms with E-state index < -0.39 is 28.7 Å². The number of amides is 3. The average Bonchev–Trinajstić information content (AvgIpc) is 3.51. The van der Waals surface area contributed by atoms with Crippen molar-refractivity contribution in [1.82, 2.24) is 14.7 Å². The van der Waals surface area contributed by atoms with Crippen LogP contribution in [0.4, 0.5) is 0 Å². The number of aliphatic hydroxyl groups excluding tert-OH is 1. The first-order chi connectivity index (χ1) is 17.4. The van der Waals surface area contributed by atoms with Crippen LogP contribution in [-0.2, 0) is 14.4 Å². The van der Waals surface area contributed by atoms with E-state index in [-0.39, 0.29) is 29.6 Å². The molecule has 0 saturated carbocycles. The zero-order chi connectivity index (χ0) is 26.5. The van der Waals surface area contributed by atoms with E-state index in [1.54, 1.807) is 28.8 Å². The van der Waals surface area contributed by atoms with E-state index in [9.17, 15) is 19.5 Å². The summed E-state index contributed by atoms with van der Waals surface area (Å²) in [5.74, 6) is -1.16. The second-order valence-electron chi connectivity index (χ2n) is 10.4. The zero-order valence-corrected chi connectivity index (χ0v) is 23.2. The monoisotopic (exact) mass is 519 g/mol. The molecule has 3 heterocycles. The minimum Gasteiger partial charge on any atom is -0.394 e. The van der Waals surface area contributed by atoms with Crippen molar-refractivity contribution in [1.29, 1.82) is 0 Å². The predicted molar refractivity (Wildman–Crippen MR) is 145 cm³/mol. The molecule has 3 aliphatic rings. The van der Waals surface area contributed by atoms with Gasteiger partial charge in [0.1, 0.15) is 6.04 Å². The lowest BCUT2D eigenvalue weighted by atomic mass is 9.70. The van der Waals surface area contributed by atoms with Gasteiger partial charge in [-0.15, -0.1) is 24.9 Å². The van der Waals surface area contributed by atoms with Crippen molar-refractivity contribution in [3.63, 3.8) is 0 Å². The maximum atomic E-state index is 14.2. The maximum Gasteiger partial charge on any atom is 0.247 e. The second kappa shape index (κ2) is 12.6. The van der Waals surface area contributed by atoms with Crippen molar-refractivity contribution in [3.8, 4) is 0 Å². The van der Waals surface area contributed by atoms with Crippen LogP contribution in [0.2, 0.25) is 0 Å². The Kier molecular flexibility index (Phi) is 10.1. The van der Waals surface area contributed by atoms with E-state index in [4.69, 9.17) is 0 Å². The first kappa shape index (κ1) is 28.8. The van der Waals surface area contributed by atoms with Crippen LogP contribution >= 0.6 is 11.8 Å². The summed E-state index contributed by atoms with van der Waals surface area (Å²) < 4.78 is -0.627. The normalized spacial score (nSPS) is 29.2. The molecule has 3 fully saturated rings. The average molecular weight is 520 g/mol. The molecule has 7 nitrogen and oxygen atoms in total. The third-order valence-corrected chi connectivity index (χ3v) is 10.1. The van der Waals surface area contributed by atoms with Gasteiger partial charge in [0.25, 0.3) is 0 Å². The molecule has 2 unspecified atom stereocenters. The highest BCUT2D eigenvalue weighted by Crippen LogP contribution is 2.67. The number of rotatable bonds is 15. The van der Waals surface area contributed by atoms with Gasteiger partial charge in [-0.25, -0.2) is 0 Å². The molecule has 0 aliphatic carbocycles. The molecule has 0 radical (unpaired) electrons. The predicted octanol–water partition coefficient (Wildman–Crippen LogP) is 3.48. The Hall–Kier alpha value is -1.80. The first-order valence-electron chi connectivity index (χ1n) is 13.8. The molecular weight excluding hydrogens is 474 g/mol. The minimum absolute atomic E-state index is 0.00478. The molecule has 202 valence electrons. The fourth-order valence-electron chi connectivity index (χ4n) is 6.56. The van der Waals surface area contributed by atoms with Gasteiger partial charge in [-0.1, -0.05) is 45.8 Å². The Morgan fingerprint density at radius 3 is 2.33 bits per heavy atom. The van der Waals surface area contributed by atoms with E-state index in [1.807, 2.05) is 23.6 Å². The molecule has 0 aromatic heterocycles. The molecule has 36 heavy (non-hydrogen) atoms. The van der Waals surface area contributed by atoms with E-state index in [0.29, 0.717) is 32.6 Å². The zero-order valence-electron chi connectivity index (χ0n) is 22.4. The number of unbranched alkanes of at least 4 members (excludes halogenated alkanes) is 2. The summed E-state index contributed by atoms with van der Waals surface area (Å²) in [5.41, 5.74) is 0. The van der Waals surface area contributed by atoms with Crippen LogP contribution in [0, 0.1) is 11.8 Å². The molecule has 0 aromatic carbocycles. The summed E-state index contributed by atoms with van der Waals surface area (Å²) >= 11 is 1.69. The van der Waals surface area contributed by atoms with Crippen LogP contribution in [0.15, 0.2) is 25.3 Å². The highest BCUT2D eigenvalue weighted by molar-refractivity contribution is 8.02. The number of likely N-dealkylation sites (tertiary alicyclic amines) is 1. The van der Waals surface area contributed by atoms with Gasteiger partial charge in [0.15, 0.2) is 0 Å². The molecule has 0 aromatic rings. The van der Waals surface area contributed by atoms with Gasteiger partial charge in [0.05, 0.1) is 29.2 Å². The molecule has 3 saturated heterocycles. The van der Waals surface area contributed by atoms with Gasteiger partial charge in [0, 0.05) is 31.4 Å². The number of carbonyl (C=O) groups excluding carboxylic acids is 3. The summed E-state index contributed by atoms with van der Waals surface area (Å²) in [4.78, 5) is 47.6. The highest BCUT2D eigenvalue weighted by atomic mass is 32.2. The highest BCUT2D eigenvalue weighted by Gasteiger charge is 2.74. The quantitative estimate of drug-likeness (QED) is 0.265. The first-order valence-corrected chi connectivity index (χ1v) is 14.6. The summed E-state index contributed by atoms with van der Waals surface area (Å²) in [6, 6.07) is -1.11. The molecule has 1 spiro atoms. The largest absolute Gasteiger partial charge is 0.394 e. The topological polar surface area (TPSA) is 81.2 Å². The van der Waals surface area contributed by atoms with Gasteiger partial charge in [-0.2, -0.15) is 0 Å². The van der Waals surface area contributed by atoms with E-state index >= 15 is 0 Å². The van der Waals surface area contributed by atoms with Crippen LogP contribution < -0.4 is 0 Å². The van der Waals surface area contributed by atoms with Crippen molar-refractivity contribution in [2.45, 2.75) is 87.8 Å². The molecule has 3 rings (SSSR count). The molecule has 2 bridgehead atoms. The summed E-state index contributed by atoms with van der Waals surface area (Å²) in [6.45, 7) is 15.7. The number of carbonyl (C=O) groups is 3.